The van der Waals surface area contributed by atoms with E-state index in [2.05, 4.69) is 0 Å². The summed E-state index contributed by atoms with van der Waals surface area (Å²) in [4.78, 5) is 2.03. The van der Waals surface area contributed by atoms with E-state index < -0.39 is 21.8 Å². The summed E-state index contributed by atoms with van der Waals surface area (Å²) in [6, 6.07) is 8.46. The summed E-state index contributed by atoms with van der Waals surface area (Å²) in [5, 5.41) is 0. The summed E-state index contributed by atoms with van der Waals surface area (Å²) in [5.74, 6) is 0.591. The summed E-state index contributed by atoms with van der Waals surface area (Å²) in [7, 11) is -2.19. The number of alkyl halides is 3. The Hall–Kier alpha value is -2.26. The van der Waals surface area contributed by atoms with Gasteiger partial charge in [-0.2, -0.15) is 17.5 Å². The van der Waals surface area contributed by atoms with Crippen LogP contribution in [0.3, 0.4) is 0 Å². The topological polar surface area (TPSA) is 49.9 Å². The Bertz CT molecular complexity index is 975. The molecule has 1 fully saturated rings. The third kappa shape index (κ3) is 4.35. The molecule has 0 atom stereocenters. The van der Waals surface area contributed by atoms with E-state index >= 15 is 0 Å². The van der Waals surface area contributed by atoms with Crippen molar-refractivity contribution in [1.29, 1.82) is 0 Å². The lowest BCUT2D eigenvalue weighted by Crippen LogP contribution is -2.49. The van der Waals surface area contributed by atoms with Gasteiger partial charge in [0.05, 0.1) is 17.6 Å². The van der Waals surface area contributed by atoms with Crippen LogP contribution >= 0.6 is 0 Å². The Morgan fingerprint density at radius 1 is 0.966 bits per heavy atom. The van der Waals surface area contributed by atoms with Gasteiger partial charge in [0.15, 0.2) is 0 Å². The lowest BCUT2D eigenvalue weighted by Gasteiger charge is -2.36. The third-order valence-corrected chi connectivity index (χ3v) is 7.25. The molecule has 2 aromatic rings. The Morgan fingerprint density at radius 3 is 2.07 bits per heavy atom. The number of hydrogen-bond acceptors (Lipinski definition) is 4. The van der Waals surface area contributed by atoms with E-state index in [4.69, 9.17) is 4.74 Å². The molecule has 0 aliphatic carbocycles. The number of ether oxygens (including phenoxy) is 1. The van der Waals surface area contributed by atoms with Gasteiger partial charge in [0, 0.05) is 31.9 Å². The molecular weight excluding hydrogens is 405 g/mol. The largest absolute Gasteiger partial charge is 0.497 e. The quantitative estimate of drug-likeness (QED) is 0.743. The van der Waals surface area contributed by atoms with Crippen LogP contribution < -0.4 is 9.64 Å². The summed E-state index contributed by atoms with van der Waals surface area (Å²) in [5.41, 5.74) is 0.924. The van der Waals surface area contributed by atoms with E-state index in [1.165, 1.54) is 17.5 Å². The molecule has 1 aliphatic heterocycles. The molecule has 2 aromatic carbocycles. The van der Waals surface area contributed by atoms with Crippen molar-refractivity contribution in [2.45, 2.75) is 24.9 Å². The molecule has 1 heterocycles. The van der Waals surface area contributed by atoms with Crippen molar-refractivity contribution in [1.82, 2.24) is 4.31 Å². The van der Waals surface area contributed by atoms with Crippen molar-refractivity contribution in [2.24, 2.45) is 0 Å². The van der Waals surface area contributed by atoms with Gasteiger partial charge in [-0.05, 0) is 55.3 Å². The fourth-order valence-corrected chi connectivity index (χ4v) is 5.46. The number of halogens is 3. The highest BCUT2D eigenvalue weighted by Gasteiger charge is 2.33. The molecule has 3 rings (SSSR count). The van der Waals surface area contributed by atoms with E-state index in [1.54, 1.807) is 36.9 Å². The van der Waals surface area contributed by atoms with Gasteiger partial charge in [-0.3, -0.25) is 0 Å². The third-order valence-electron chi connectivity index (χ3n) is 5.04. The summed E-state index contributed by atoms with van der Waals surface area (Å²) >= 11 is 0. The maximum Gasteiger partial charge on any atom is 0.416 e. The predicted octanol–water partition coefficient (Wildman–Crippen LogP) is 3.84. The second-order valence-electron chi connectivity index (χ2n) is 7.03. The Balaban J connectivity index is 1.79. The number of aryl methyl sites for hydroxylation is 2. The monoisotopic (exact) mass is 428 g/mol. The van der Waals surface area contributed by atoms with Crippen LogP contribution in [0.15, 0.2) is 41.3 Å². The molecule has 1 aliphatic rings. The second kappa shape index (κ2) is 7.87. The van der Waals surface area contributed by atoms with Gasteiger partial charge in [0.1, 0.15) is 5.75 Å². The number of nitrogens with zero attached hydrogens (tertiary/aromatic N) is 2. The van der Waals surface area contributed by atoms with Crippen LogP contribution in [0.5, 0.6) is 5.75 Å². The number of benzene rings is 2. The number of anilines is 1. The molecule has 0 amide bonds. The number of piperazine rings is 1. The van der Waals surface area contributed by atoms with E-state index in [-0.39, 0.29) is 18.0 Å². The van der Waals surface area contributed by atoms with Gasteiger partial charge in [0.25, 0.3) is 0 Å². The van der Waals surface area contributed by atoms with Crippen molar-refractivity contribution in [3.63, 3.8) is 0 Å². The first kappa shape index (κ1) is 21.4. The van der Waals surface area contributed by atoms with E-state index in [9.17, 15) is 21.6 Å². The van der Waals surface area contributed by atoms with E-state index in [0.29, 0.717) is 35.7 Å². The van der Waals surface area contributed by atoms with Gasteiger partial charge in [0.2, 0.25) is 10.0 Å². The summed E-state index contributed by atoms with van der Waals surface area (Å²) in [6.07, 6.45) is -4.41. The molecule has 5 nitrogen and oxygen atoms in total. The number of methoxy groups -OCH3 is 1. The first-order chi connectivity index (χ1) is 13.5. The van der Waals surface area contributed by atoms with Gasteiger partial charge >= 0.3 is 6.18 Å². The Labute approximate surface area is 168 Å². The maximum atomic E-state index is 13.2. The van der Waals surface area contributed by atoms with Crippen molar-refractivity contribution >= 4 is 15.7 Å². The molecule has 1 saturated heterocycles. The van der Waals surface area contributed by atoms with Crippen LogP contribution in [0.1, 0.15) is 16.7 Å². The zero-order chi connectivity index (χ0) is 21.4. The average Bonchev–Trinajstić information content (AvgIpc) is 2.66. The fraction of sp³-hybridized carbons (Fsp3) is 0.400. The zero-order valence-electron chi connectivity index (χ0n) is 16.5. The Kier molecular flexibility index (Phi) is 5.82. The van der Waals surface area contributed by atoms with Crippen LogP contribution in [0, 0.1) is 13.8 Å². The molecule has 0 unspecified atom stereocenters. The SMILES string of the molecule is COc1cc(C)c(S(=O)(=O)N2CCN(c3cccc(C(F)(F)F)c3)CC2)c(C)c1. The predicted molar refractivity (Wildman–Crippen MR) is 105 cm³/mol. The molecular formula is C20H23F3N2O3S. The van der Waals surface area contributed by atoms with Crippen LogP contribution in [0.4, 0.5) is 18.9 Å². The molecule has 0 spiro atoms. The standard InChI is InChI=1S/C20H23F3N2O3S/c1-14-11-18(28-3)12-15(2)19(14)29(26,27)25-9-7-24(8-10-25)17-6-4-5-16(13-17)20(21,22)23/h4-6,11-13H,7-10H2,1-3H3. The minimum Gasteiger partial charge on any atom is -0.497 e. The first-order valence-electron chi connectivity index (χ1n) is 9.11. The molecule has 29 heavy (non-hydrogen) atoms. The van der Waals surface area contributed by atoms with Crippen molar-refractivity contribution in [3.8, 4) is 5.75 Å². The number of rotatable bonds is 4. The van der Waals surface area contributed by atoms with Crippen molar-refractivity contribution < 1.29 is 26.3 Å². The minimum absolute atomic E-state index is 0.198. The second-order valence-corrected chi connectivity index (χ2v) is 8.90. The van der Waals surface area contributed by atoms with Gasteiger partial charge in [-0.15, -0.1) is 0 Å². The molecule has 9 heteroatoms. The normalized spacial score (nSPS) is 16.1. The lowest BCUT2D eigenvalue weighted by molar-refractivity contribution is -0.137. The zero-order valence-corrected chi connectivity index (χ0v) is 17.3. The summed E-state index contributed by atoms with van der Waals surface area (Å²) < 4.78 is 71.8. The van der Waals surface area contributed by atoms with Crippen molar-refractivity contribution in [3.05, 3.63) is 53.1 Å². The highest BCUT2D eigenvalue weighted by atomic mass is 32.2. The number of hydrogen-bond donors (Lipinski definition) is 0. The first-order valence-corrected chi connectivity index (χ1v) is 10.6. The highest BCUT2D eigenvalue weighted by molar-refractivity contribution is 7.89. The molecule has 0 saturated carbocycles. The highest BCUT2D eigenvalue weighted by Crippen LogP contribution is 2.33. The molecule has 0 bridgehead atoms. The molecule has 0 radical (unpaired) electrons. The lowest BCUT2D eigenvalue weighted by atomic mass is 10.1. The molecule has 0 aromatic heterocycles. The van der Waals surface area contributed by atoms with Gasteiger partial charge in [-0.1, -0.05) is 6.07 Å². The Morgan fingerprint density at radius 2 is 1.55 bits per heavy atom. The average molecular weight is 428 g/mol. The van der Waals surface area contributed by atoms with Gasteiger partial charge in [-0.25, -0.2) is 8.42 Å². The summed E-state index contributed by atoms with van der Waals surface area (Å²) in [6.45, 7) is 4.47. The van der Waals surface area contributed by atoms with E-state index in [0.717, 1.165) is 12.1 Å². The van der Waals surface area contributed by atoms with Crippen LogP contribution in [-0.2, 0) is 16.2 Å². The molecule has 158 valence electrons. The van der Waals surface area contributed by atoms with Crippen LogP contribution in [0.2, 0.25) is 0 Å². The van der Waals surface area contributed by atoms with Crippen LogP contribution in [0.25, 0.3) is 0 Å². The molecule has 0 N–H and O–H groups in total. The maximum absolute atomic E-state index is 13.2. The fourth-order valence-electron chi connectivity index (χ4n) is 3.63. The number of sulfonamides is 1. The minimum atomic E-state index is -4.41. The van der Waals surface area contributed by atoms with Crippen LogP contribution in [-0.4, -0.2) is 46.0 Å². The van der Waals surface area contributed by atoms with Crippen molar-refractivity contribution in [2.75, 3.05) is 38.2 Å². The smallest absolute Gasteiger partial charge is 0.416 e. The van der Waals surface area contributed by atoms with E-state index in [1.807, 2.05) is 0 Å². The van der Waals surface area contributed by atoms with Gasteiger partial charge < -0.3 is 9.64 Å².